The Morgan fingerprint density at radius 3 is 2.53 bits per heavy atom. The lowest BCUT2D eigenvalue weighted by Gasteiger charge is -2.12. The molecule has 19 heavy (non-hydrogen) atoms. The van der Waals surface area contributed by atoms with Crippen molar-refractivity contribution in [1.29, 1.82) is 0 Å². The second-order valence-electron chi connectivity index (χ2n) is 3.84. The van der Waals surface area contributed by atoms with E-state index in [2.05, 4.69) is 0 Å². The highest BCUT2D eigenvalue weighted by Gasteiger charge is 2.30. The highest BCUT2D eigenvalue weighted by atomic mass is 35.5. The number of carbonyl (C=O) groups is 1. The van der Waals surface area contributed by atoms with Gasteiger partial charge in [-0.15, -0.1) is 0 Å². The number of fused-ring (bicyclic) bond motifs is 1. The molecular weight excluding hydrogens is 283 g/mol. The van der Waals surface area contributed by atoms with Gasteiger partial charge in [-0.25, -0.2) is 0 Å². The fraction of sp³-hybridized carbons (Fsp3) is 0.167. The molecule has 2 rings (SSSR count). The lowest BCUT2D eigenvalue weighted by atomic mass is 10.1. The number of hydrogen-bond acceptors (Lipinski definition) is 2. The Bertz CT molecular complexity index is 706. The number of pyridine rings is 1. The minimum Gasteiger partial charge on any atom is -0.301 e. The normalized spacial score (nSPS) is 11.8. The summed E-state index contributed by atoms with van der Waals surface area (Å²) in [5.41, 5.74) is -1.54. The maximum Gasteiger partial charge on any atom is 0.416 e. The zero-order chi connectivity index (χ0) is 14.2. The molecule has 7 heteroatoms. The molecule has 2 aromatic rings. The molecule has 0 atom stereocenters. The van der Waals surface area contributed by atoms with E-state index in [1.54, 1.807) is 0 Å². The van der Waals surface area contributed by atoms with E-state index in [0.717, 1.165) is 22.8 Å². The summed E-state index contributed by atoms with van der Waals surface area (Å²) in [6.07, 6.45) is -4.09. The van der Waals surface area contributed by atoms with Crippen LogP contribution in [0.4, 0.5) is 13.2 Å². The average molecular weight is 290 g/mol. The van der Waals surface area contributed by atoms with Crippen molar-refractivity contribution in [2.45, 2.75) is 12.7 Å². The Balaban J connectivity index is 2.85. The van der Waals surface area contributed by atoms with Gasteiger partial charge < -0.3 is 9.36 Å². The molecule has 100 valence electrons. The third kappa shape index (κ3) is 2.49. The van der Waals surface area contributed by atoms with E-state index in [0.29, 0.717) is 6.29 Å². The van der Waals surface area contributed by atoms with E-state index in [1.807, 2.05) is 0 Å². The minimum atomic E-state index is -4.53. The van der Waals surface area contributed by atoms with Crippen molar-refractivity contribution in [2.24, 2.45) is 0 Å². The summed E-state index contributed by atoms with van der Waals surface area (Å²) in [6, 6.07) is 3.94. The molecule has 0 radical (unpaired) electrons. The number of halogens is 4. The Hall–Kier alpha value is -1.82. The van der Waals surface area contributed by atoms with Crippen LogP contribution in [0.3, 0.4) is 0 Å². The molecule has 0 bridgehead atoms. The van der Waals surface area contributed by atoms with Gasteiger partial charge in [0.1, 0.15) is 6.29 Å². The number of aldehydes is 1. The molecule has 0 unspecified atom stereocenters. The van der Waals surface area contributed by atoms with Gasteiger partial charge >= 0.3 is 6.18 Å². The maximum absolute atomic E-state index is 12.6. The molecule has 0 spiro atoms. The van der Waals surface area contributed by atoms with E-state index >= 15 is 0 Å². The van der Waals surface area contributed by atoms with E-state index < -0.39 is 17.3 Å². The second kappa shape index (κ2) is 4.70. The van der Waals surface area contributed by atoms with E-state index in [4.69, 9.17) is 11.6 Å². The van der Waals surface area contributed by atoms with Gasteiger partial charge in [0, 0.05) is 11.5 Å². The topological polar surface area (TPSA) is 39.1 Å². The zero-order valence-corrected chi connectivity index (χ0v) is 10.1. The van der Waals surface area contributed by atoms with Crippen molar-refractivity contribution in [3.63, 3.8) is 0 Å². The largest absolute Gasteiger partial charge is 0.416 e. The van der Waals surface area contributed by atoms with Crippen molar-refractivity contribution in [2.75, 3.05) is 0 Å². The van der Waals surface area contributed by atoms with Gasteiger partial charge in [-0.3, -0.25) is 4.79 Å². The van der Waals surface area contributed by atoms with Gasteiger partial charge in [0.25, 0.3) is 5.56 Å². The first kappa shape index (κ1) is 13.6. The Labute approximate surface area is 110 Å². The predicted molar refractivity (Wildman–Crippen MR) is 64.3 cm³/mol. The summed E-state index contributed by atoms with van der Waals surface area (Å²) in [7, 11) is 0. The SMILES string of the molecule is O=CCn1c(=O)cc(Cl)c2ccc(C(F)(F)F)cc21. The number of hydrogen-bond donors (Lipinski definition) is 0. The highest BCUT2D eigenvalue weighted by molar-refractivity contribution is 6.35. The molecule has 0 amide bonds. The first-order valence-electron chi connectivity index (χ1n) is 5.18. The summed E-state index contributed by atoms with van der Waals surface area (Å²) in [6.45, 7) is -0.326. The Morgan fingerprint density at radius 2 is 1.95 bits per heavy atom. The third-order valence-electron chi connectivity index (χ3n) is 2.65. The molecule has 0 saturated carbocycles. The first-order chi connectivity index (χ1) is 8.84. The van der Waals surface area contributed by atoms with Crippen LogP contribution in [0, 0.1) is 0 Å². The number of carbonyl (C=O) groups excluding carboxylic acids is 1. The molecule has 1 heterocycles. The second-order valence-corrected chi connectivity index (χ2v) is 4.24. The van der Waals surface area contributed by atoms with E-state index in [9.17, 15) is 22.8 Å². The monoisotopic (exact) mass is 289 g/mol. The van der Waals surface area contributed by atoms with Gasteiger partial charge in [0.05, 0.1) is 22.6 Å². The minimum absolute atomic E-state index is 0.0144. The molecule has 0 aliphatic heterocycles. The Morgan fingerprint density at radius 1 is 1.26 bits per heavy atom. The molecular formula is C12H7ClF3NO2. The van der Waals surface area contributed by atoms with Gasteiger partial charge in [0.2, 0.25) is 0 Å². The summed E-state index contributed by atoms with van der Waals surface area (Å²) in [5.74, 6) is 0. The lowest BCUT2D eigenvalue weighted by molar-refractivity contribution is -0.137. The van der Waals surface area contributed by atoms with Crippen LogP contribution in [-0.4, -0.2) is 10.9 Å². The van der Waals surface area contributed by atoms with Crippen LogP contribution < -0.4 is 5.56 Å². The van der Waals surface area contributed by atoms with E-state index in [-0.39, 0.29) is 22.5 Å². The fourth-order valence-electron chi connectivity index (χ4n) is 1.78. The molecule has 1 aromatic carbocycles. The molecule has 0 aliphatic rings. The van der Waals surface area contributed by atoms with Gasteiger partial charge in [-0.05, 0) is 12.1 Å². The number of rotatable bonds is 2. The molecule has 1 aromatic heterocycles. The van der Waals surface area contributed by atoms with Gasteiger partial charge in [-0.2, -0.15) is 13.2 Å². The van der Waals surface area contributed by atoms with Crippen molar-refractivity contribution >= 4 is 28.8 Å². The third-order valence-corrected chi connectivity index (χ3v) is 2.96. The molecule has 0 fully saturated rings. The summed E-state index contributed by atoms with van der Waals surface area (Å²) in [4.78, 5) is 22.2. The maximum atomic E-state index is 12.6. The van der Waals surface area contributed by atoms with Gasteiger partial charge in [-0.1, -0.05) is 17.7 Å². The standard InChI is InChI=1S/C12H7ClF3NO2/c13-9-6-11(19)17(3-4-18)10-5-7(12(14,15)16)1-2-8(9)10/h1-2,4-6H,3H2. The van der Waals surface area contributed by atoms with E-state index in [1.165, 1.54) is 6.07 Å². The molecule has 3 nitrogen and oxygen atoms in total. The first-order valence-corrected chi connectivity index (χ1v) is 5.56. The molecule has 0 aliphatic carbocycles. The van der Waals surface area contributed by atoms with Gasteiger partial charge in [0.15, 0.2) is 0 Å². The highest BCUT2D eigenvalue weighted by Crippen LogP contribution is 2.32. The van der Waals surface area contributed by atoms with Crippen molar-refractivity contribution in [3.05, 3.63) is 45.2 Å². The van der Waals surface area contributed by atoms with Crippen LogP contribution in [0.2, 0.25) is 5.02 Å². The van der Waals surface area contributed by atoms with Crippen LogP contribution in [0.15, 0.2) is 29.1 Å². The Kier molecular flexibility index (Phi) is 3.36. The van der Waals surface area contributed by atoms with Crippen molar-refractivity contribution < 1.29 is 18.0 Å². The lowest BCUT2D eigenvalue weighted by Crippen LogP contribution is -2.21. The van der Waals surface area contributed by atoms with Crippen molar-refractivity contribution in [3.8, 4) is 0 Å². The molecule has 0 N–H and O–H groups in total. The van der Waals surface area contributed by atoms with Crippen molar-refractivity contribution in [1.82, 2.24) is 4.57 Å². The smallest absolute Gasteiger partial charge is 0.301 e. The average Bonchev–Trinajstić information content (AvgIpc) is 2.32. The van der Waals surface area contributed by atoms with Crippen LogP contribution in [-0.2, 0) is 17.5 Å². The van der Waals surface area contributed by atoms with Crippen LogP contribution in [0.25, 0.3) is 10.9 Å². The number of alkyl halides is 3. The summed E-state index contributed by atoms with van der Waals surface area (Å²) >= 11 is 5.82. The summed E-state index contributed by atoms with van der Waals surface area (Å²) < 4.78 is 38.9. The number of aromatic nitrogens is 1. The van der Waals surface area contributed by atoms with Crippen LogP contribution >= 0.6 is 11.6 Å². The molecule has 0 saturated heterocycles. The van der Waals surface area contributed by atoms with Crippen LogP contribution in [0.5, 0.6) is 0 Å². The summed E-state index contributed by atoms with van der Waals surface area (Å²) in [5, 5.41) is 0.340. The fourth-order valence-corrected chi connectivity index (χ4v) is 2.03. The quantitative estimate of drug-likeness (QED) is 0.798. The predicted octanol–water partition coefficient (Wildman–Crippen LogP) is 2.87. The number of nitrogens with zero attached hydrogens (tertiary/aromatic N) is 1. The van der Waals surface area contributed by atoms with Crippen LogP contribution in [0.1, 0.15) is 5.56 Å². The number of benzene rings is 1. The zero-order valence-electron chi connectivity index (χ0n) is 9.37.